The van der Waals surface area contributed by atoms with Gasteiger partial charge in [-0.15, -0.1) is 11.3 Å². The van der Waals surface area contributed by atoms with E-state index in [1.54, 1.807) is 11.1 Å². The molecular weight excluding hydrogens is 360 g/mol. The monoisotopic (exact) mass is 376 g/mol. The van der Waals surface area contributed by atoms with Gasteiger partial charge in [-0.2, -0.15) is 5.26 Å². The molecule has 3 heterocycles. The van der Waals surface area contributed by atoms with Crippen molar-refractivity contribution >= 4 is 33.2 Å². The summed E-state index contributed by atoms with van der Waals surface area (Å²) >= 11 is 1.36. The Kier molecular flexibility index (Phi) is 4.65. The molecule has 27 heavy (non-hydrogen) atoms. The Labute approximate surface area is 160 Å². The molecular formula is C20H16N4O2S. The molecule has 1 aromatic carbocycles. The van der Waals surface area contributed by atoms with Gasteiger partial charge in [-0.3, -0.25) is 14.6 Å². The molecule has 0 N–H and O–H groups in total. The average molecular weight is 376 g/mol. The van der Waals surface area contributed by atoms with E-state index in [4.69, 9.17) is 0 Å². The molecule has 0 bridgehead atoms. The quantitative estimate of drug-likeness (QED) is 0.683. The molecule has 7 heteroatoms. The zero-order valence-corrected chi connectivity index (χ0v) is 15.2. The van der Waals surface area contributed by atoms with Crippen molar-refractivity contribution in [2.45, 2.75) is 18.9 Å². The van der Waals surface area contributed by atoms with Crippen molar-refractivity contribution in [3.63, 3.8) is 0 Å². The van der Waals surface area contributed by atoms with Crippen molar-refractivity contribution in [1.82, 2.24) is 14.9 Å². The summed E-state index contributed by atoms with van der Waals surface area (Å²) in [5.74, 6) is -1.73. The Morgan fingerprint density at radius 1 is 1.30 bits per heavy atom. The van der Waals surface area contributed by atoms with E-state index >= 15 is 0 Å². The summed E-state index contributed by atoms with van der Waals surface area (Å²) in [5.41, 5.74) is 1.56. The molecule has 1 aliphatic heterocycles. The molecule has 0 radical (unpaired) electrons. The van der Waals surface area contributed by atoms with Gasteiger partial charge in [0.25, 0.3) is 0 Å². The third-order valence-corrected chi connectivity index (χ3v) is 5.77. The smallest absolute Gasteiger partial charge is 0.223 e. The van der Waals surface area contributed by atoms with Gasteiger partial charge >= 0.3 is 0 Å². The number of hydrogen-bond acceptors (Lipinski definition) is 6. The highest BCUT2D eigenvalue weighted by Gasteiger charge is 2.39. The molecule has 4 rings (SSSR count). The lowest BCUT2D eigenvalue weighted by Crippen LogP contribution is -2.27. The molecule has 0 spiro atoms. The summed E-state index contributed by atoms with van der Waals surface area (Å²) in [4.78, 5) is 35.6. The molecule has 0 saturated carbocycles. The first kappa shape index (κ1) is 17.3. The van der Waals surface area contributed by atoms with E-state index < -0.39 is 11.8 Å². The van der Waals surface area contributed by atoms with Crippen LogP contribution < -0.4 is 0 Å². The van der Waals surface area contributed by atoms with Gasteiger partial charge in [0.15, 0.2) is 11.7 Å². The van der Waals surface area contributed by atoms with Crippen LogP contribution in [0.1, 0.15) is 23.0 Å². The Hall–Kier alpha value is -3.11. The number of nitriles is 1. The van der Waals surface area contributed by atoms with Crippen LogP contribution in [0.2, 0.25) is 0 Å². The number of carbonyl (C=O) groups is 2. The van der Waals surface area contributed by atoms with Gasteiger partial charge in [0, 0.05) is 25.1 Å². The highest BCUT2D eigenvalue weighted by Crippen LogP contribution is 2.32. The Balaban J connectivity index is 1.51. The number of nitrogens with zero attached hydrogens (tertiary/aromatic N) is 4. The molecule has 1 saturated heterocycles. The van der Waals surface area contributed by atoms with Crippen molar-refractivity contribution < 1.29 is 9.59 Å². The predicted molar refractivity (Wildman–Crippen MR) is 101 cm³/mol. The Bertz CT molecular complexity index is 1010. The van der Waals surface area contributed by atoms with Crippen molar-refractivity contribution in [3.05, 3.63) is 59.4 Å². The maximum atomic E-state index is 12.9. The van der Waals surface area contributed by atoms with Crippen LogP contribution in [-0.4, -0.2) is 33.1 Å². The molecule has 1 aliphatic rings. The van der Waals surface area contributed by atoms with E-state index in [-0.39, 0.29) is 18.1 Å². The van der Waals surface area contributed by atoms with Gasteiger partial charge in [0.1, 0.15) is 5.01 Å². The second-order valence-electron chi connectivity index (χ2n) is 6.48. The number of carbonyl (C=O) groups excluding carboxylic acids is 2. The van der Waals surface area contributed by atoms with E-state index in [9.17, 15) is 14.9 Å². The zero-order chi connectivity index (χ0) is 18.8. The Morgan fingerprint density at radius 3 is 2.85 bits per heavy atom. The summed E-state index contributed by atoms with van der Waals surface area (Å²) in [6.45, 7) is 0.694. The molecule has 0 aliphatic carbocycles. The third kappa shape index (κ3) is 3.44. The molecule has 1 amide bonds. The average Bonchev–Trinajstić information content (AvgIpc) is 3.27. The maximum Gasteiger partial charge on any atom is 0.223 e. The summed E-state index contributed by atoms with van der Waals surface area (Å²) in [6.07, 6.45) is 1.81. The summed E-state index contributed by atoms with van der Waals surface area (Å²) < 4.78 is 0.944. The van der Waals surface area contributed by atoms with Crippen molar-refractivity contribution in [2.75, 3.05) is 6.54 Å². The first-order valence-corrected chi connectivity index (χ1v) is 9.44. The number of amides is 1. The number of thiazole rings is 1. The van der Waals surface area contributed by atoms with Crippen molar-refractivity contribution in [3.8, 4) is 6.07 Å². The van der Waals surface area contributed by atoms with Crippen LogP contribution in [-0.2, 0) is 16.1 Å². The third-order valence-electron chi connectivity index (χ3n) is 4.67. The standard InChI is InChI=1S/C20H16N4O2S/c21-10-15(20-23-16-6-1-2-7-17(16)27-20)19(26)13-9-18(25)24(11-13)12-14-5-3-4-8-22-14/h1-8,13,15H,9,11-12H2/t13-,15+/m0/s1. The number of pyridine rings is 1. The zero-order valence-electron chi connectivity index (χ0n) is 14.4. The van der Waals surface area contributed by atoms with Crippen LogP contribution in [0, 0.1) is 17.2 Å². The highest BCUT2D eigenvalue weighted by atomic mass is 32.1. The lowest BCUT2D eigenvalue weighted by Gasteiger charge is -2.16. The van der Waals surface area contributed by atoms with Gasteiger partial charge in [-0.1, -0.05) is 18.2 Å². The number of benzene rings is 1. The molecule has 2 atom stereocenters. The molecule has 3 aromatic rings. The lowest BCUT2D eigenvalue weighted by molar-refractivity contribution is -0.129. The molecule has 1 fully saturated rings. The summed E-state index contributed by atoms with van der Waals surface area (Å²) in [6, 6.07) is 15.2. The van der Waals surface area contributed by atoms with E-state index in [0.29, 0.717) is 18.1 Å². The van der Waals surface area contributed by atoms with Crippen LogP contribution in [0.4, 0.5) is 0 Å². The normalized spacial score (nSPS) is 17.8. The number of likely N-dealkylation sites (tertiary alicyclic amines) is 1. The van der Waals surface area contributed by atoms with Crippen molar-refractivity contribution in [2.24, 2.45) is 5.92 Å². The largest absolute Gasteiger partial charge is 0.336 e. The predicted octanol–water partition coefficient (Wildman–Crippen LogP) is 2.92. The second-order valence-corrected chi connectivity index (χ2v) is 7.54. The fourth-order valence-electron chi connectivity index (χ4n) is 3.29. The van der Waals surface area contributed by atoms with Crippen LogP contribution in [0.5, 0.6) is 0 Å². The number of rotatable bonds is 5. The van der Waals surface area contributed by atoms with E-state index in [1.807, 2.05) is 42.5 Å². The minimum Gasteiger partial charge on any atom is -0.336 e. The number of hydrogen-bond donors (Lipinski definition) is 0. The second kappa shape index (κ2) is 7.25. The maximum absolute atomic E-state index is 12.9. The molecule has 6 nitrogen and oxygen atoms in total. The Morgan fingerprint density at radius 2 is 2.11 bits per heavy atom. The highest BCUT2D eigenvalue weighted by molar-refractivity contribution is 7.18. The summed E-state index contributed by atoms with van der Waals surface area (Å²) in [7, 11) is 0. The minimum absolute atomic E-state index is 0.0833. The minimum atomic E-state index is -0.935. The number of para-hydroxylation sites is 1. The van der Waals surface area contributed by atoms with Gasteiger partial charge in [-0.25, -0.2) is 4.98 Å². The first-order chi connectivity index (χ1) is 13.2. The summed E-state index contributed by atoms with van der Waals surface area (Å²) in [5, 5.41) is 10.1. The van der Waals surface area contributed by atoms with E-state index in [0.717, 1.165) is 15.9 Å². The van der Waals surface area contributed by atoms with E-state index in [2.05, 4.69) is 16.0 Å². The lowest BCUT2D eigenvalue weighted by atomic mass is 9.93. The van der Waals surface area contributed by atoms with Crippen LogP contribution in [0.3, 0.4) is 0 Å². The van der Waals surface area contributed by atoms with Crippen molar-refractivity contribution in [1.29, 1.82) is 5.26 Å². The van der Waals surface area contributed by atoms with Crippen LogP contribution >= 0.6 is 11.3 Å². The number of fused-ring (bicyclic) bond motifs is 1. The number of Topliss-reactive ketones (excluding diaryl/α,β-unsaturated/α-hetero) is 1. The fourth-order valence-corrected chi connectivity index (χ4v) is 4.31. The van der Waals surface area contributed by atoms with Crippen LogP contribution in [0.25, 0.3) is 10.2 Å². The van der Waals surface area contributed by atoms with E-state index in [1.165, 1.54) is 11.3 Å². The van der Waals surface area contributed by atoms with Crippen LogP contribution in [0.15, 0.2) is 48.7 Å². The fraction of sp³-hybridized carbons (Fsp3) is 0.250. The molecule has 134 valence electrons. The molecule has 2 aromatic heterocycles. The van der Waals surface area contributed by atoms with Gasteiger partial charge < -0.3 is 4.90 Å². The number of aromatic nitrogens is 2. The number of ketones is 1. The molecule has 0 unspecified atom stereocenters. The van der Waals surface area contributed by atoms with Gasteiger partial charge in [0.2, 0.25) is 5.91 Å². The first-order valence-electron chi connectivity index (χ1n) is 8.62. The topological polar surface area (TPSA) is 87.0 Å². The SMILES string of the molecule is N#C[C@H](C(=O)[C@H]1CC(=O)N(Cc2ccccn2)C1)c1nc2ccccc2s1. The van der Waals surface area contributed by atoms with Gasteiger partial charge in [0.05, 0.1) is 28.5 Å². The van der Waals surface area contributed by atoms with Gasteiger partial charge in [-0.05, 0) is 24.3 Å².